The third kappa shape index (κ3) is 2.72. The Morgan fingerprint density at radius 2 is 2.28 bits per heavy atom. The second-order valence-corrected chi connectivity index (χ2v) is 3.85. The van der Waals surface area contributed by atoms with Gasteiger partial charge in [-0.25, -0.2) is 4.79 Å². The first-order valence-corrected chi connectivity index (χ1v) is 4.94. The van der Waals surface area contributed by atoms with E-state index in [2.05, 4.69) is 4.74 Å². The van der Waals surface area contributed by atoms with Crippen molar-refractivity contribution in [3.8, 4) is 0 Å². The van der Waals surface area contributed by atoms with Crippen molar-refractivity contribution in [2.75, 3.05) is 7.11 Å². The second kappa shape index (κ2) is 4.96. The Hall–Kier alpha value is -2.22. The van der Waals surface area contributed by atoms with Crippen molar-refractivity contribution < 1.29 is 19.6 Å². The molecule has 0 aliphatic carbocycles. The standard InChI is InChI=1S/C10H12N2O6/c1-10(15,9(14)18-2)6-11-5-3-4-7(8(11)13)12(16)17/h3-5,15H,6H2,1-2H3. The summed E-state index contributed by atoms with van der Waals surface area (Å²) in [5, 5.41) is 20.4. The normalized spacial score (nSPS) is 13.7. The van der Waals surface area contributed by atoms with Gasteiger partial charge >= 0.3 is 17.2 Å². The van der Waals surface area contributed by atoms with E-state index in [1.54, 1.807) is 0 Å². The predicted octanol–water partition coefficient (Wildman–Crippen LogP) is -0.320. The lowest BCUT2D eigenvalue weighted by atomic mass is 10.1. The van der Waals surface area contributed by atoms with E-state index < -0.39 is 34.3 Å². The number of aliphatic hydroxyl groups is 1. The number of aromatic nitrogens is 1. The van der Waals surface area contributed by atoms with Gasteiger partial charge in [-0.15, -0.1) is 0 Å². The van der Waals surface area contributed by atoms with E-state index in [0.717, 1.165) is 24.7 Å². The molecular formula is C10H12N2O6. The summed E-state index contributed by atoms with van der Waals surface area (Å²) in [5.41, 5.74) is -3.46. The number of pyridine rings is 1. The highest BCUT2D eigenvalue weighted by molar-refractivity contribution is 5.78. The first kappa shape index (κ1) is 13.8. The van der Waals surface area contributed by atoms with E-state index in [9.17, 15) is 24.8 Å². The van der Waals surface area contributed by atoms with Crippen LogP contribution < -0.4 is 5.56 Å². The summed E-state index contributed by atoms with van der Waals surface area (Å²) in [5.74, 6) is -0.930. The van der Waals surface area contributed by atoms with Crippen LogP contribution in [0.1, 0.15) is 6.92 Å². The Morgan fingerprint density at radius 3 is 2.78 bits per heavy atom. The SMILES string of the molecule is COC(=O)C(C)(O)Cn1cccc([N+](=O)[O-])c1=O. The van der Waals surface area contributed by atoms with Crippen molar-refractivity contribution >= 4 is 11.7 Å². The number of carbonyl (C=O) groups excluding carboxylic acids is 1. The molecule has 1 unspecified atom stereocenters. The maximum atomic E-state index is 11.7. The molecular weight excluding hydrogens is 244 g/mol. The molecule has 8 nitrogen and oxygen atoms in total. The number of ether oxygens (including phenoxy) is 1. The minimum Gasteiger partial charge on any atom is -0.467 e. The highest BCUT2D eigenvalue weighted by Gasteiger charge is 2.33. The first-order valence-electron chi connectivity index (χ1n) is 4.94. The molecule has 0 saturated heterocycles. The summed E-state index contributed by atoms with van der Waals surface area (Å²) in [6, 6.07) is 2.33. The molecule has 0 fully saturated rings. The molecule has 1 aromatic rings. The molecule has 1 aromatic heterocycles. The summed E-state index contributed by atoms with van der Waals surface area (Å²) in [6.07, 6.45) is 1.24. The van der Waals surface area contributed by atoms with Crippen molar-refractivity contribution in [2.45, 2.75) is 19.1 Å². The molecule has 1 atom stereocenters. The van der Waals surface area contributed by atoms with Crippen LogP contribution in [-0.4, -0.2) is 33.3 Å². The Balaban J connectivity index is 3.14. The number of nitrogens with zero attached hydrogens (tertiary/aromatic N) is 2. The number of hydrogen-bond acceptors (Lipinski definition) is 6. The number of hydrogen-bond donors (Lipinski definition) is 1. The fraction of sp³-hybridized carbons (Fsp3) is 0.400. The van der Waals surface area contributed by atoms with Gasteiger partial charge in [0.2, 0.25) is 0 Å². The molecule has 1 rings (SSSR count). The molecule has 0 aromatic carbocycles. The molecule has 0 radical (unpaired) electrons. The zero-order valence-corrected chi connectivity index (χ0v) is 9.82. The maximum absolute atomic E-state index is 11.7. The van der Waals surface area contributed by atoms with E-state index in [1.807, 2.05) is 0 Å². The topological polar surface area (TPSA) is 112 Å². The van der Waals surface area contributed by atoms with Crippen molar-refractivity contribution in [2.24, 2.45) is 0 Å². The lowest BCUT2D eigenvalue weighted by Crippen LogP contribution is -2.43. The van der Waals surface area contributed by atoms with Gasteiger partial charge in [-0.1, -0.05) is 0 Å². The molecule has 0 aliphatic heterocycles. The molecule has 18 heavy (non-hydrogen) atoms. The van der Waals surface area contributed by atoms with Crippen LogP contribution in [0.3, 0.4) is 0 Å². The summed E-state index contributed by atoms with van der Waals surface area (Å²) in [6.45, 7) is 0.726. The Kier molecular flexibility index (Phi) is 3.82. The molecule has 0 saturated carbocycles. The van der Waals surface area contributed by atoms with Crippen LogP contribution in [0.5, 0.6) is 0 Å². The molecule has 0 aliphatic rings. The quantitative estimate of drug-likeness (QED) is 0.449. The van der Waals surface area contributed by atoms with Crippen molar-refractivity contribution in [3.05, 3.63) is 38.8 Å². The molecule has 98 valence electrons. The van der Waals surface area contributed by atoms with Gasteiger partial charge in [0.05, 0.1) is 18.6 Å². The van der Waals surface area contributed by atoms with Gasteiger partial charge in [0.15, 0.2) is 5.60 Å². The van der Waals surface area contributed by atoms with Gasteiger partial charge in [0.1, 0.15) is 0 Å². The number of methoxy groups -OCH3 is 1. The van der Waals surface area contributed by atoms with Gasteiger partial charge in [-0.05, 0) is 13.0 Å². The molecule has 0 bridgehead atoms. The van der Waals surface area contributed by atoms with E-state index in [4.69, 9.17) is 0 Å². The number of rotatable bonds is 4. The van der Waals surface area contributed by atoms with Gasteiger partial charge in [0.25, 0.3) is 0 Å². The monoisotopic (exact) mass is 256 g/mol. The molecule has 1 N–H and O–H groups in total. The fourth-order valence-corrected chi connectivity index (χ4v) is 1.40. The summed E-state index contributed by atoms with van der Waals surface area (Å²) in [4.78, 5) is 32.6. The van der Waals surface area contributed by atoms with Crippen molar-refractivity contribution in [3.63, 3.8) is 0 Å². The minimum absolute atomic E-state index is 0.430. The number of carbonyl (C=O) groups is 1. The van der Waals surface area contributed by atoms with Crippen LogP contribution in [-0.2, 0) is 16.1 Å². The molecule has 0 amide bonds. The van der Waals surface area contributed by atoms with E-state index in [-0.39, 0.29) is 0 Å². The zero-order valence-electron chi connectivity index (χ0n) is 9.82. The zero-order chi connectivity index (χ0) is 13.9. The van der Waals surface area contributed by atoms with Crippen LogP contribution in [0, 0.1) is 10.1 Å². The predicted molar refractivity (Wildman–Crippen MR) is 60.0 cm³/mol. The van der Waals surface area contributed by atoms with E-state index in [1.165, 1.54) is 12.3 Å². The lowest BCUT2D eigenvalue weighted by molar-refractivity contribution is -0.386. The highest BCUT2D eigenvalue weighted by atomic mass is 16.6. The largest absolute Gasteiger partial charge is 0.467 e. The molecule has 8 heteroatoms. The Morgan fingerprint density at radius 1 is 1.67 bits per heavy atom. The first-order chi connectivity index (χ1) is 8.29. The smallest absolute Gasteiger partial charge is 0.339 e. The van der Waals surface area contributed by atoms with Crippen molar-refractivity contribution in [1.82, 2.24) is 4.57 Å². The van der Waals surface area contributed by atoms with Gasteiger partial charge in [-0.2, -0.15) is 0 Å². The average Bonchev–Trinajstić information content (AvgIpc) is 2.30. The summed E-state index contributed by atoms with van der Waals surface area (Å²) < 4.78 is 5.25. The van der Waals surface area contributed by atoms with Crippen LogP contribution in [0.15, 0.2) is 23.1 Å². The lowest BCUT2D eigenvalue weighted by Gasteiger charge is -2.20. The van der Waals surface area contributed by atoms with E-state index >= 15 is 0 Å². The summed E-state index contributed by atoms with van der Waals surface area (Å²) in [7, 11) is 1.09. The number of esters is 1. The van der Waals surface area contributed by atoms with Gasteiger partial charge < -0.3 is 14.4 Å². The highest BCUT2D eigenvalue weighted by Crippen LogP contribution is 2.10. The van der Waals surface area contributed by atoms with Crippen LogP contribution in [0.2, 0.25) is 0 Å². The Labute approximate surface area is 102 Å². The van der Waals surface area contributed by atoms with Crippen LogP contribution in [0.25, 0.3) is 0 Å². The third-order valence-electron chi connectivity index (χ3n) is 2.30. The van der Waals surface area contributed by atoms with Crippen LogP contribution in [0.4, 0.5) is 5.69 Å². The molecule has 1 heterocycles. The van der Waals surface area contributed by atoms with Crippen LogP contribution >= 0.6 is 0 Å². The Bertz CT molecular complexity index is 533. The molecule has 0 spiro atoms. The number of nitro groups is 1. The van der Waals surface area contributed by atoms with Gasteiger partial charge in [-0.3, -0.25) is 14.9 Å². The van der Waals surface area contributed by atoms with Gasteiger partial charge in [0, 0.05) is 12.3 Å². The second-order valence-electron chi connectivity index (χ2n) is 3.85. The minimum atomic E-state index is -1.94. The van der Waals surface area contributed by atoms with E-state index in [0.29, 0.717) is 0 Å². The average molecular weight is 256 g/mol. The summed E-state index contributed by atoms with van der Waals surface area (Å²) >= 11 is 0. The third-order valence-corrected chi connectivity index (χ3v) is 2.30. The van der Waals surface area contributed by atoms with Crippen molar-refractivity contribution in [1.29, 1.82) is 0 Å². The maximum Gasteiger partial charge on any atom is 0.339 e. The fourth-order valence-electron chi connectivity index (χ4n) is 1.40.